The van der Waals surface area contributed by atoms with Crippen molar-refractivity contribution < 1.29 is 4.74 Å². The standard InChI is InChI=1S/C17H27NO/c1-12-9-10-14(11-13(12)2)17(18-3)15-7-5-6-8-16(15)19-4/h5-8,12-14,17-18H,9-11H2,1-4H3. The Bertz CT molecular complexity index is 404. The Labute approximate surface area is 117 Å². The van der Waals surface area contributed by atoms with Crippen molar-refractivity contribution in [2.24, 2.45) is 17.8 Å². The maximum absolute atomic E-state index is 5.53. The maximum atomic E-state index is 5.53. The van der Waals surface area contributed by atoms with Gasteiger partial charge < -0.3 is 10.1 Å². The summed E-state index contributed by atoms with van der Waals surface area (Å²) >= 11 is 0. The second kappa shape index (κ2) is 6.42. The van der Waals surface area contributed by atoms with E-state index in [1.165, 1.54) is 24.8 Å². The van der Waals surface area contributed by atoms with Crippen LogP contribution in [-0.2, 0) is 0 Å². The van der Waals surface area contributed by atoms with Gasteiger partial charge in [-0.3, -0.25) is 0 Å². The molecule has 0 aromatic heterocycles. The smallest absolute Gasteiger partial charge is 0.123 e. The van der Waals surface area contributed by atoms with Crippen molar-refractivity contribution in [2.45, 2.75) is 39.2 Å². The first-order valence-corrected chi connectivity index (χ1v) is 7.47. The average molecular weight is 261 g/mol. The lowest BCUT2D eigenvalue weighted by Gasteiger charge is -2.37. The molecular formula is C17H27NO. The zero-order chi connectivity index (χ0) is 13.8. The first-order valence-electron chi connectivity index (χ1n) is 7.47. The minimum Gasteiger partial charge on any atom is -0.496 e. The van der Waals surface area contributed by atoms with Crippen LogP contribution in [0.15, 0.2) is 24.3 Å². The third-order valence-corrected chi connectivity index (χ3v) is 4.90. The normalized spacial score (nSPS) is 28.9. The Kier molecular flexibility index (Phi) is 4.87. The summed E-state index contributed by atoms with van der Waals surface area (Å²) in [5.41, 5.74) is 1.30. The molecular weight excluding hydrogens is 234 g/mol. The lowest BCUT2D eigenvalue weighted by Crippen LogP contribution is -2.31. The van der Waals surface area contributed by atoms with Gasteiger partial charge in [0.25, 0.3) is 0 Å². The molecule has 2 heteroatoms. The molecule has 0 amide bonds. The van der Waals surface area contributed by atoms with Crippen LogP contribution >= 0.6 is 0 Å². The van der Waals surface area contributed by atoms with Gasteiger partial charge in [-0.2, -0.15) is 0 Å². The molecule has 0 saturated heterocycles. The molecule has 2 rings (SSSR count). The third kappa shape index (κ3) is 3.11. The molecule has 19 heavy (non-hydrogen) atoms. The lowest BCUT2D eigenvalue weighted by molar-refractivity contribution is 0.173. The average Bonchev–Trinajstić information content (AvgIpc) is 2.44. The molecule has 106 valence electrons. The summed E-state index contributed by atoms with van der Waals surface area (Å²) in [4.78, 5) is 0. The van der Waals surface area contributed by atoms with E-state index in [1.807, 2.05) is 6.07 Å². The fourth-order valence-corrected chi connectivity index (χ4v) is 3.46. The molecule has 2 nitrogen and oxygen atoms in total. The van der Waals surface area contributed by atoms with Gasteiger partial charge in [-0.25, -0.2) is 0 Å². The van der Waals surface area contributed by atoms with E-state index in [1.54, 1.807) is 7.11 Å². The maximum Gasteiger partial charge on any atom is 0.123 e. The van der Waals surface area contributed by atoms with Crippen molar-refractivity contribution in [1.29, 1.82) is 0 Å². The van der Waals surface area contributed by atoms with E-state index < -0.39 is 0 Å². The van der Waals surface area contributed by atoms with Gasteiger partial charge in [0.1, 0.15) is 5.75 Å². The van der Waals surface area contributed by atoms with Crippen LogP contribution in [0.2, 0.25) is 0 Å². The zero-order valence-corrected chi connectivity index (χ0v) is 12.6. The molecule has 0 heterocycles. The van der Waals surface area contributed by atoms with E-state index in [4.69, 9.17) is 4.74 Å². The molecule has 0 bridgehead atoms. The minimum absolute atomic E-state index is 0.408. The summed E-state index contributed by atoms with van der Waals surface area (Å²) in [6.45, 7) is 4.78. The van der Waals surface area contributed by atoms with Gasteiger partial charge in [0.2, 0.25) is 0 Å². The van der Waals surface area contributed by atoms with E-state index >= 15 is 0 Å². The lowest BCUT2D eigenvalue weighted by atomic mass is 9.72. The van der Waals surface area contributed by atoms with Crippen LogP contribution in [-0.4, -0.2) is 14.2 Å². The molecule has 1 fully saturated rings. The molecule has 0 aliphatic heterocycles. The zero-order valence-electron chi connectivity index (χ0n) is 12.6. The highest BCUT2D eigenvalue weighted by atomic mass is 16.5. The van der Waals surface area contributed by atoms with Gasteiger partial charge in [-0.05, 0) is 43.7 Å². The van der Waals surface area contributed by atoms with Crippen molar-refractivity contribution >= 4 is 0 Å². The highest BCUT2D eigenvalue weighted by molar-refractivity contribution is 5.36. The van der Waals surface area contributed by atoms with Crippen molar-refractivity contribution in [2.75, 3.05) is 14.2 Å². The summed E-state index contributed by atoms with van der Waals surface area (Å²) in [5.74, 6) is 3.41. The molecule has 1 aliphatic rings. The monoisotopic (exact) mass is 261 g/mol. The molecule has 1 aliphatic carbocycles. The molecule has 1 aromatic rings. The van der Waals surface area contributed by atoms with E-state index in [0.717, 1.165) is 17.6 Å². The van der Waals surface area contributed by atoms with Crippen molar-refractivity contribution in [3.05, 3.63) is 29.8 Å². The topological polar surface area (TPSA) is 21.3 Å². The van der Waals surface area contributed by atoms with Crippen LogP contribution in [0, 0.1) is 17.8 Å². The number of para-hydroxylation sites is 1. The summed E-state index contributed by atoms with van der Waals surface area (Å²) in [6, 6.07) is 8.82. The third-order valence-electron chi connectivity index (χ3n) is 4.90. The molecule has 0 radical (unpaired) electrons. The molecule has 1 saturated carbocycles. The van der Waals surface area contributed by atoms with Gasteiger partial charge in [-0.15, -0.1) is 0 Å². The van der Waals surface area contributed by atoms with Crippen molar-refractivity contribution in [3.63, 3.8) is 0 Å². The number of hydrogen-bond acceptors (Lipinski definition) is 2. The van der Waals surface area contributed by atoms with Gasteiger partial charge in [0.15, 0.2) is 0 Å². The predicted octanol–water partition coefficient (Wildman–Crippen LogP) is 4.03. The summed E-state index contributed by atoms with van der Waals surface area (Å²) in [5, 5.41) is 3.52. The van der Waals surface area contributed by atoms with Crippen LogP contribution in [0.1, 0.15) is 44.7 Å². The number of benzene rings is 1. The second-order valence-electron chi connectivity index (χ2n) is 6.04. The predicted molar refractivity (Wildman–Crippen MR) is 80.5 cm³/mol. The summed E-state index contributed by atoms with van der Waals surface area (Å²) < 4.78 is 5.53. The number of methoxy groups -OCH3 is 1. The Balaban J connectivity index is 2.20. The fraction of sp³-hybridized carbons (Fsp3) is 0.647. The van der Waals surface area contributed by atoms with Crippen molar-refractivity contribution in [1.82, 2.24) is 5.32 Å². The second-order valence-corrected chi connectivity index (χ2v) is 6.04. The number of nitrogens with one attached hydrogen (secondary N) is 1. The fourth-order valence-electron chi connectivity index (χ4n) is 3.46. The Hall–Kier alpha value is -1.02. The van der Waals surface area contributed by atoms with E-state index in [0.29, 0.717) is 12.0 Å². The van der Waals surface area contributed by atoms with Crippen LogP contribution in [0.25, 0.3) is 0 Å². The molecule has 0 spiro atoms. The quantitative estimate of drug-likeness (QED) is 0.883. The molecule has 4 atom stereocenters. The van der Waals surface area contributed by atoms with Crippen LogP contribution in [0.4, 0.5) is 0 Å². The highest BCUT2D eigenvalue weighted by Gasteiger charge is 2.31. The highest BCUT2D eigenvalue weighted by Crippen LogP contribution is 2.41. The minimum atomic E-state index is 0.408. The largest absolute Gasteiger partial charge is 0.496 e. The van der Waals surface area contributed by atoms with E-state index in [-0.39, 0.29) is 0 Å². The summed E-state index contributed by atoms with van der Waals surface area (Å²) in [6.07, 6.45) is 3.97. The Morgan fingerprint density at radius 2 is 1.89 bits per heavy atom. The first kappa shape index (κ1) is 14.4. The Morgan fingerprint density at radius 3 is 2.53 bits per heavy atom. The molecule has 1 N–H and O–H groups in total. The van der Waals surface area contributed by atoms with Crippen LogP contribution < -0.4 is 10.1 Å². The number of hydrogen-bond donors (Lipinski definition) is 1. The van der Waals surface area contributed by atoms with E-state index in [2.05, 4.69) is 44.4 Å². The van der Waals surface area contributed by atoms with Gasteiger partial charge in [0.05, 0.1) is 7.11 Å². The van der Waals surface area contributed by atoms with Gasteiger partial charge in [0, 0.05) is 11.6 Å². The first-order chi connectivity index (χ1) is 9.17. The van der Waals surface area contributed by atoms with Crippen LogP contribution in [0.5, 0.6) is 5.75 Å². The Morgan fingerprint density at radius 1 is 1.16 bits per heavy atom. The van der Waals surface area contributed by atoms with Gasteiger partial charge >= 0.3 is 0 Å². The van der Waals surface area contributed by atoms with Gasteiger partial charge in [-0.1, -0.05) is 38.5 Å². The number of rotatable bonds is 4. The molecule has 1 aromatic carbocycles. The number of ether oxygens (including phenoxy) is 1. The SMILES string of the molecule is CNC(c1ccccc1OC)C1CCC(C)C(C)C1. The molecule has 4 unspecified atom stereocenters. The van der Waals surface area contributed by atoms with Crippen molar-refractivity contribution in [3.8, 4) is 5.75 Å². The van der Waals surface area contributed by atoms with E-state index in [9.17, 15) is 0 Å². The summed E-state index contributed by atoms with van der Waals surface area (Å²) in [7, 11) is 3.83. The van der Waals surface area contributed by atoms with Crippen LogP contribution in [0.3, 0.4) is 0 Å².